The first kappa shape index (κ1) is 26.6. The molecule has 0 atom stereocenters. The molecule has 2 aliphatic heterocycles. The highest BCUT2D eigenvalue weighted by Gasteiger charge is 2.30. The van der Waals surface area contributed by atoms with Gasteiger partial charge in [-0.1, -0.05) is 27.7 Å². The molecule has 202 valence electrons. The molecule has 0 amide bonds. The first-order valence-corrected chi connectivity index (χ1v) is 13.9. The van der Waals surface area contributed by atoms with Crippen molar-refractivity contribution in [1.29, 1.82) is 0 Å². The molecule has 0 aromatic carbocycles. The number of hydrogen-bond donors (Lipinski definition) is 2. The van der Waals surface area contributed by atoms with E-state index in [0.717, 1.165) is 72.6 Å². The van der Waals surface area contributed by atoms with E-state index < -0.39 is 0 Å². The van der Waals surface area contributed by atoms with E-state index in [0.29, 0.717) is 0 Å². The molecule has 38 heavy (non-hydrogen) atoms. The fourth-order valence-corrected chi connectivity index (χ4v) is 5.62. The average Bonchev–Trinajstić information content (AvgIpc) is 3.51. The second kappa shape index (κ2) is 9.97. The summed E-state index contributed by atoms with van der Waals surface area (Å²) in [7, 11) is 8.53. The number of fused-ring (bicyclic) bond motifs is 8. The van der Waals surface area contributed by atoms with Gasteiger partial charge in [-0.3, -0.25) is 9.97 Å². The number of nitrogens with zero attached hydrogens (tertiary/aromatic N) is 4. The van der Waals surface area contributed by atoms with Crippen LogP contribution in [-0.4, -0.2) is 71.0 Å². The van der Waals surface area contributed by atoms with E-state index in [1.165, 1.54) is 22.2 Å². The third-order valence-corrected chi connectivity index (χ3v) is 7.93. The van der Waals surface area contributed by atoms with E-state index in [2.05, 4.69) is 112 Å². The number of hydrogen-bond acceptors (Lipinski definition) is 4. The zero-order valence-corrected chi connectivity index (χ0v) is 24.5. The molecule has 6 nitrogen and oxygen atoms in total. The molecule has 2 aliphatic rings. The summed E-state index contributed by atoms with van der Waals surface area (Å²) < 4.78 is 0. The predicted octanol–water partition coefficient (Wildman–Crippen LogP) is 5.56. The maximum atomic E-state index is 5.16. The van der Waals surface area contributed by atoms with Crippen LogP contribution in [0.3, 0.4) is 0 Å². The lowest BCUT2D eigenvalue weighted by Crippen LogP contribution is -2.15. The van der Waals surface area contributed by atoms with Crippen molar-refractivity contribution in [3.63, 3.8) is 0 Å². The van der Waals surface area contributed by atoms with Gasteiger partial charge in [-0.05, 0) is 88.6 Å². The van der Waals surface area contributed by atoms with Gasteiger partial charge in [-0.2, -0.15) is 0 Å². The molecule has 5 rings (SSSR count). The molecule has 5 heterocycles. The summed E-state index contributed by atoms with van der Waals surface area (Å²) in [6.07, 6.45) is 3.83. The lowest BCUT2D eigenvalue weighted by atomic mass is 9.87. The first-order valence-electron chi connectivity index (χ1n) is 13.9. The SMILES string of the molecule is CN(C)CCc1cc2cc3nc(cc4[nH]c(cc5nc(cc1[nH]2)CC5(C)C)cc4CCN(C)C)CC3(C)C. The Morgan fingerprint density at radius 1 is 0.632 bits per heavy atom. The Bertz CT molecular complexity index is 1370. The van der Waals surface area contributed by atoms with Crippen LogP contribution in [0.5, 0.6) is 0 Å². The van der Waals surface area contributed by atoms with E-state index in [1.54, 1.807) is 0 Å². The smallest absolute Gasteiger partial charge is 0.0487 e. The van der Waals surface area contributed by atoms with Crippen molar-refractivity contribution in [2.24, 2.45) is 0 Å². The molecule has 8 bridgehead atoms. The largest absolute Gasteiger partial charge is 0.355 e. The van der Waals surface area contributed by atoms with Gasteiger partial charge in [0.2, 0.25) is 0 Å². The van der Waals surface area contributed by atoms with Gasteiger partial charge in [-0.15, -0.1) is 0 Å². The number of rotatable bonds is 6. The van der Waals surface area contributed by atoms with Crippen LogP contribution in [-0.2, 0) is 36.5 Å². The van der Waals surface area contributed by atoms with Gasteiger partial charge in [0.1, 0.15) is 0 Å². The quantitative estimate of drug-likeness (QED) is 0.454. The van der Waals surface area contributed by atoms with Crippen molar-refractivity contribution in [2.45, 2.75) is 64.2 Å². The van der Waals surface area contributed by atoms with Crippen LogP contribution in [0.2, 0.25) is 0 Å². The summed E-state index contributed by atoms with van der Waals surface area (Å²) in [5, 5.41) is 0. The van der Waals surface area contributed by atoms with Gasteiger partial charge < -0.3 is 19.8 Å². The van der Waals surface area contributed by atoms with Gasteiger partial charge in [0.25, 0.3) is 0 Å². The molecule has 0 saturated heterocycles. The Kier molecular flexibility index (Phi) is 6.99. The molecular formula is C32H44N6. The predicted molar refractivity (Wildman–Crippen MR) is 159 cm³/mol. The molecule has 0 aliphatic carbocycles. The van der Waals surface area contributed by atoms with Crippen LogP contribution in [0.1, 0.15) is 61.6 Å². The fraction of sp³-hybridized carbons (Fsp3) is 0.500. The van der Waals surface area contributed by atoms with Gasteiger partial charge in [-0.25, -0.2) is 0 Å². The van der Waals surface area contributed by atoms with Crippen LogP contribution in [0.4, 0.5) is 0 Å². The van der Waals surface area contributed by atoms with Crippen molar-refractivity contribution in [1.82, 2.24) is 29.7 Å². The highest BCUT2D eigenvalue weighted by atomic mass is 15.1. The van der Waals surface area contributed by atoms with E-state index in [-0.39, 0.29) is 10.8 Å². The van der Waals surface area contributed by atoms with Crippen molar-refractivity contribution < 1.29 is 0 Å². The zero-order valence-electron chi connectivity index (χ0n) is 24.5. The molecule has 0 saturated carbocycles. The molecule has 6 heteroatoms. The van der Waals surface area contributed by atoms with E-state index in [9.17, 15) is 0 Å². The normalized spacial score (nSPS) is 16.5. The van der Waals surface area contributed by atoms with Crippen LogP contribution in [0.15, 0.2) is 36.4 Å². The summed E-state index contributed by atoms with van der Waals surface area (Å²) >= 11 is 0. The Hall–Kier alpha value is -2.96. The third-order valence-electron chi connectivity index (χ3n) is 7.93. The summed E-state index contributed by atoms with van der Waals surface area (Å²) in [5.74, 6) is 0. The highest BCUT2D eigenvalue weighted by Crippen LogP contribution is 2.33. The van der Waals surface area contributed by atoms with Crippen LogP contribution >= 0.6 is 0 Å². The van der Waals surface area contributed by atoms with Crippen molar-refractivity contribution in [3.05, 3.63) is 70.3 Å². The Labute approximate surface area is 227 Å². The molecule has 0 unspecified atom stereocenters. The molecule has 0 radical (unpaired) electrons. The van der Waals surface area contributed by atoms with Crippen LogP contribution < -0.4 is 0 Å². The minimum absolute atomic E-state index is 0.0209. The number of nitrogens with one attached hydrogen (secondary N) is 2. The third kappa shape index (κ3) is 5.71. The summed E-state index contributed by atoms with van der Waals surface area (Å²) in [5.41, 5.74) is 11.7. The Morgan fingerprint density at radius 3 is 1.39 bits per heavy atom. The maximum absolute atomic E-state index is 5.16. The minimum Gasteiger partial charge on any atom is -0.355 e. The summed E-state index contributed by atoms with van der Waals surface area (Å²) in [4.78, 5) is 22.2. The van der Waals surface area contributed by atoms with Crippen molar-refractivity contribution in [2.75, 3.05) is 41.3 Å². The van der Waals surface area contributed by atoms with Gasteiger partial charge in [0, 0.05) is 81.6 Å². The zero-order chi connectivity index (χ0) is 27.2. The fourth-order valence-electron chi connectivity index (χ4n) is 5.62. The Morgan fingerprint density at radius 2 is 1.03 bits per heavy atom. The van der Waals surface area contributed by atoms with Gasteiger partial charge in [0.05, 0.1) is 0 Å². The molecule has 0 fully saturated rings. The van der Waals surface area contributed by atoms with E-state index in [1.807, 2.05) is 0 Å². The topological polar surface area (TPSA) is 63.8 Å². The van der Waals surface area contributed by atoms with Gasteiger partial charge in [0.15, 0.2) is 0 Å². The van der Waals surface area contributed by atoms with Crippen LogP contribution in [0, 0.1) is 0 Å². The maximum Gasteiger partial charge on any atom is 0.0487 e. The van der Waals surface area contributed by atoms with E-state index >= 15 is 0 Å². The summed E-state index contributed by atoms with van der Waals surface area (Å²) in [6.45, 7) is 11.2. The number of likely N-dealkylation sites (N-methyl/N-ethyl adjacent to an activating group) is 2. The number of H-pyrrole nitrogens is 2. The average molecular weight is 513 g/mol. The van der Waals surface area contributed by atoms with Crippen LogP contribution in [0.25, 0.3) is 22.1 Å². The molecule has 2 N–H and O–H groups in total. The standard InChI is InChI=1S/C32H44N6/c1-31(2)19-25-15-27-22(10-12-38(7)8)14-24(34-27)18-30-32(3,4)20-26(36-30)16-28-21(9-11-37(5)6)13-23(33-28)17-29(31)35-25/h13-18,33-34H,9-12,19-20H2,1-8H3. The van der Waals surface area contributed by atoms with Gasteiger partial charge >= 0.3 is 0 Å². The number of aromatic nitrogens is 4. The number of aromatic amines is 2. The molecule has 3 aromatic rings. The second-order valence-electron chi connectivity index (χ2n) is 13.1. The molecule has 3 aromatic heterocycles. The molecule has 0 spiro atoms. The lowest BCUT2D eigenvalue weighted by molar-refractivity contribution is 0.414. The minimum atomic E-state index is -0.0209. The second-order valence-corrected chi connectivity index (χ2v) is 13.1. The monoisotopic (exact) mass is 512 g/mol. The van der Waals surface area contributed by atoms with E-state index in [4.69, 9.17) is 9.97 Å². The summed E-state index contributed by atoms with van der Waals surface area (Å²) in [6, 6.07) is 13.7. The lowest BCUT2D eigenvalue weighted by Gasteiger charge is -2.15. The van der Waals surface area contributed by atoms with Crippen molar-refractivity contribution in [3.8, 4) is 0 Å². The highest BCUT2D eigenvalue weighted by molar-refractivity contribution is 5.68. The van der Waals surface area contributed by atoms with Crippen molar-refractivity contribution >= 4 is 22.1 Å². The molecular weight excluding hydrogens is 468 g/mol. The first-order chi connectivity index (χ1) is 17.9. The Balaban J connectivity index is 1.78.